The van der Waals surface area contributed by atoms with Crippen molar-refractivity contribution in [2.24, 2.45) is 11.3 Å². The van der Waals surface area contributed by atoms with E-state index >= 15 is 0 Å². The Labute approximate surface area is 260 Å². The van der Waals surface area contributed by atoms with Crippen molar-refractivity contribution in [1.82, 2.24) is 9.62 Å². The molecule has 44 heavy (non-hydrogen) atoms. The van der Waals surface area contributed by atoms with E-state index < -0.39 is 39.8 Å². The maximum atomic E-state index is 14.1. The first-order valence-corrected chi connectivity index (χ1v) is 16.6. The smallest absolute Gasteiger partial charge is 0.407 e. The zero-order valence-electron chi connectivity index (χ0n) is 25.6. The average molecular weight is 629 g/mol. The Kier molecular flexibility index (Phi) is 11.6. The summed E-state index contributed by atoms with van der Waals surface area (Å²) in [7, 11) is -4.08. The van der Waals surface area contributed by atoms with Crippen molar-refractivity contribution in [3.05, 3.63) is 60.2 Å². The maximum absolute atomic E-state index is 14.1. The lowest BCUT2D eigenvalue weighted by Gasteiger charge is -2.35. The zero-order valence-corrected chi connectivity index (χ0v) is 26.5. The van der Waals surface area contributed by atoms with Gasteiger partial charge in [0.25, 0.3) is 0 Å². The van der Waals surface area contributed by atoms with Crippen molar-refractivity contribution >= 4 is 21.8 Å². The van der Waals surface area contributed by atoms with Gasteiger partial charge in [0, 0.05) is 31.7 Å². The van der Waals surface area contributed by atoms with Gasteiger partial charge < -0.3 is 30.0 Å². The standard InChI is InChI=1S/C32H44N4O7S/c1-4-34-24-12-8-13-25(19-24)44(39,40)36(22-32(2,3)15-9-16-33)20-28(37)27(18-23-10-6-5-7-11-23)35-31(38)43-29-21-42-30-26(29)14-17-41-30/h5-8,10-13,19,26-30,34,37H,4,9,14-15,17-18,20-22H2,1-3H3,(H,35,38)/t26-,27?,28+,29-,30+/m0/s1. The molecule has 12 heteroatoms. The summed E-state index contributed by atoms with van der Waals surface area (Å²) in [5, 5.41) is 26.8. The van der Waals surface area contributed by atoms with Gasteiger partial charge in [-0.1, -0.05) is 50.2 Å². The van der Waals surface area contributed by atoms with Crippen LogP contribution >= 0.6 is 0 Å². The highest BCUT2D eigenvalue weighted by atomic mass is 32.2. The van der Waals surface area contributed by atoms with E-state index in [2.05, 4.69) is 16.7 Å². The number of nitrogens with one attached hydrogen (secondary N) is 2. The summed E-state index contributed by atoms with van der Waals surface area (Å²) in [6, 6.07) is 17.2. The summed E-state index contributed by atoms with van der Waals surface area (Å²) in [4.78, 5) is 13.2. The van der Waals surface area contributed by atoms with Crippen molar-refractivity contribution < 1.29 is 32.5 Å². The van der Waals surface area contributed by atoms with Crippen LogP contribution in [-0.2, 0) is 30.7 Å². The number of nitrogens with zero attached hydrogens (tertiary/aromatic N) is 2. The number of rotatable bonds is 15. The Hall–Kier alpha value is -3.21. The number of carbonyl (C=O) groups is 1. The van der Waals surface area contributed by atoms with Crippen LogP contribution in [0, 0.1) is 22.7 Å². The Bertz CT molecular complexity index is 1380. The van der Waals surface area contributed by atoms with E-state index in [0.29, 0.717) is 25.3 Å². The van der Waals surface area contributed by atoms with Gasteiger partial charge in [-0.2, -0.15) is 9.57 Å². The van der Waals surface area contributed by atoms with E-state index in [4.69, 9.17) is 14.2 Å². The first-order valence-electron chi connectivity index (χ1n) is 15.2. The number of benzene rings is 2. The largest absolute Gasteiger partial charge is 0.443 e. The Morgan fingerprint density at radius 1 is 1.20 bits per heavy atom. The number of sulfonamides is 1. The number of nitriles is 1. The molecule has 0 saturated carbocycles. The van der Waals surface area contributed by atoms with Crippen LogP contribution < -0.4 is 10.6 Å². The molecule has 0 radical (unpaired) electrons. The molecule has 2 aromatic carbocycles. The molecule has 2 aliphatic rings. The highest BCUT2D eigenvalue weighted by molar-refractivity contribution is 7.89. The average Bonchev–Trinajstić information content (AvgIpc) is 3.61. The fraction of sp³-hybridized carbons (Fsp3) is 0.562. The Balaban J connectivity index is 1.58. The predicted molar refractivity (Wildman–Crippen MR) is 165 cm³/mol. The number of anilines is 1. The molecule has 0 aliphatic carbocycles. The highest BCUT2D eigenvalue weighted by Crippen LogP contribution is 2.33. The minimum absolute atomic E-state index is 0.0486. The number of hydrogen-bond acceptors (Lipinski definition) is 9. The van der Waals surface area contributed by atoms with Crippen molar-refractivity contribution in [3.63, 3.8) is 0 Å². The van der Waals surface area contributed by atoms with Gasteiger partial charge in [-0.15, -0.1) is 0 Å². The van der Waals surface area contributed by atoms with Crippen LogP contribution in [0.25, 0.3) is 0 Å². The molecule has 11 nitrogen and oxygen atoms in total. The lowest BCUT2D eigenvalue weighted by Crippen LogP contribution is -2.52. The number of amides is 1. The fourth-order valence-electron chi connectivity index (χ4n) is 5.68. The molecule has 4 rings (SSSR count). The number of hydrogen-bond donors (Lipinski definition) is 3. The van der Waals surface area contributed by atoms with E-state index in [0.717, 1.165) is 12.0 Å². The van der Waals surface area contributed by atoms with Gasteiger partial charge >= 0.3 is 6.09 Å². The third kappa shape index (κ3) is 8.92. The summed E-state index contributed by atoms with van der Waals surface area (Å²) in [6.45, 7) is 6.88. The molecule has 2 aliphatic heterocycles. The van der Waals surface area contributed by atoms with Crippen LogP contribution in [0.2, 0.25) is 0 Å². The maximum Gasteiger partial charge on any atom is 0.407 e. The summed E-state index contributed by atoms with van der Waals surface area (Å²) in [5.74, 6) is -0.0486. The van der Waals surface area contributed by atoms with Gasteiger partial charge in [0.05, 0.1) is 42.2 Å². The quantitative estimate of drug-likeness (QED) is 0.267. The molecule has 2 aromatic rings. The van der Waals surface area contributed by atoms with Crippen LogP contribution in [-0.4, -0.2) is 81.3 Å². The molecule has 2 saturated heterocycles. The molecule has 2 heterocycles. The van der Waals surface area contributed by atoms with Crippen molar-refractivity contribution in [3.8, 4) is 6.07 Å². The second kappa shape index (κ2) is 15.2. The number of alkyl carbamates (subject to hydrolysis) is 1. The third-order valence-corrected chi connectivity index (χ3v) is 9.88. The molecule has 2 fully saturated rings. The predicted octanol–water partition coefficient (Wildman–Crippen LogP) is 3.90. The van der Waals surface area contributed by atoms with Crippen LogP contribution in [0.4, 0.5) is 10.5 Å². The Morgan fingerprint density at radius 3 is 2.70 bits per heavy atom. The summed E-state index contributed by atoms with van der Waals surface area (Å²) in [6.07, 6.45) is -1.15. The van der Waals surface area contributed by atoms with Gasteiger partial charge in [0.15, 0.2) is 6.29 Å². The summed E-state index contributed by atoms with van der Waals surface area (Å²) < 4.78 is 46.3. The lowest BCUT2D eigenvalue weighted by atomic mass is 9.88. The van der Waals surface area contributed by atoms with Gasteiger partial charge in [0.1, 0.15) is 6.10 Å². The van der Waals surface area contributed by atoms with Crippen molar-refractivity contribution in [2.75, 3.05) is 38.2 Å². The van der Waals surface area contributed by atoms with E-state index in [1.165, 1.54) is 10.4 Å². The zero-order chi connectivity index (χ0) is 31.7. The van der Waals surface area contributed by atoms with E-state index in [-0.39, 0.29) is 49.6 Å². The minimum Gasteiger partial charge on any atom is -0.443 e. The van der Waals surface area contributed by atoms with E-state index in [1.807, 2.05) is 51.1 Å². The Morgan fingerprint density at radius 2 is 1.98 bits per heavy atom. The molecular formula is C32H44N4O7S. The molecule has 1 amide bonds. The van der Waals surface area contributed by atoms with Crippen LogP contribution in [0.5, 0.6) is 0 Å². The van der Waals surface area contributed by atoms with Crippen LogP contribution in [0.3, 0.4) is 0 Å². The molecular weight excluding hydrogens is 584 g/mol. The number of fused-ring (bicyclic) bond motifs is 1. The molecule has 0 spiro atoms. The van der Waals surface area contributed by atoms with Gasteiger partial charge in [-0.25, -0.2) is 13.2 Å². The molecule has 240 valence electrons. The molecule has 0 bridgehead atoms. The van der Waals surface area contributed by atoms with Gasteiger partial charge in [-0.05, 0) is 55.4 Å². The van der Waals surface area contributed by atoms with Crippen molar-refractivity contribution in [1.29, 1.82) is 5.26 Å². The lowest BCUT2D eigenvalue weighted by molar-refractivity contribution is -0.0907. The van der Waals surface area contributed by atoms with Crippen molar-refractivity contribution in [2.45, 2.75) is 75.9 Å². The topological polar surface area (TPSA) is 150 Å². The monoisotopic (exact) mass is 628 g/mol. The number of carbonyl (C=O) groups excluding carboxylic acids is 1. The molecule has 0 aromatic heterocycles. The molecule has 1 unspecified atom stereocenters. The second-order valence-corrected chi connectivity index (χ2v) is 14.1. The normalized spacial score (nSPS) is 21.3. The minimum atomic E-state index is -4.08. The SMILES string of the molecule is CCNc1cccc(S(=O)(=O)N(C[C@@H](O)C(Cc2ccccc2)NC(=O)O[C@H]2CO[C@H]3OCC[C@H]32)CC(C)(C)CCC#N)c1. The first-order chi connectivity index (χ1) is 21.0. The van der Waals surface area contributed by atoms with Gasteiger partial charge in [0.2, 0.25) is 10.0 Å². The fourth-order valence-corrected chi connectivity index (χ4v) is 7.37. The summed E-state index contributed by atoms with van der Waals surface area (Å²) >= 11 is 0. The molecule has 3 N–H and O–H groups in total. The van der Waals surface area contributed by atoms with Crippen LogP contribution in [0.1, 0.15) is 45.6 Å². The van der Waals surface area contributed by atoms with E-state index in [9.17, 15) is 23.6 Å². The van der Waals surface area contributed by atoms with E-state index in [1.54, 1.807) is 18.2 Å². The highest BCUT2D eigenvalue weighted by Gasteiger charge is 2.44. The first kappa shape index (κ1) is 33.7. The second-order valence-electron chi connectivity index (χ2n) is 12.2. The van der Waals surface area contributed by atoms with Crippen LogP contribution in [0.15, 0.2) is 59.5 Å². The number of ether oxygens (including phenoxy) is 3. The molecule has 5 atom stereocenters. The third-order valence-electron chi connectivity index (χ3n) is 8.07. The number of aliphatic hydroxyl groups excluding tert-OH is 1. The summed E-state index contributed by atoms with van der Waals surface area (Å²) in [5.41, 5.74) is 0.952. The van der Waals surface area contributed by atoms with Gasteiger partial charge in [-0.3, -0.25) is 0 Å². The number of aliphatic hydroxyl groups is 1.